The summed E-state index contributed by atoms with van der Waals surface area (Å²) < 4.78 is 46.5. The van der Waals surface area contributed by atoms with Gasteiger partial charge in [-0.15, -0.1) is 0 Å². The van der Waals surface area contributed by atoms with Crippen LogP contribution in [-0.4, -0.2) is 79.2 Å². The fourth-order valence-corrected chi connectivity index (χ4v) is 4.81. The van der Waals surface area contributed by atoms with Crippen LogP contribution in [-0.2, 0) is 27.9 Å². The maximum Gasteiger partial charge on any atom is 0.494 e. The monoisotopic (exact) mass is 706 g/mol. The van der Waals surface area contributed by atoms with E-state index in [9.17, 15) is 5.11 Å². The lowest BCUT2D eigenvalue weighted by atomic mass is 9.49. The van der Waals surface area contributed by atoms with Crippen molar-refractivity contribution in [3.05, 3.63) is 40.9 Å². The fourth-order valence-electron chi connectivity index (χ4n) is 4.47. The molecule has 0 saturated carbocycles. The number of phenols is 2. The first-order valence-electron chi connectivity index (χ1n) is 15.3. The van der Waals surface area contributed by atoms with E-state index in [1.807, 2.05) is 83.1 Å². The number of hydrogen-bond donors (Lipinski definition) is 2. The molecule has 46 heavy (non-hydrogen) atoms. The number of halogens is 1. The third-order valence-electron chi connectivity index (χ3n) is 9.64. The second-order valence-corrected chi connectivity index (χ2v) is 15.5. The van der Waals surface area contributed by atoms with Gasteiger partial charge in [-0.05, 0) is 119 Å². The molecule has 0 unspecified atom stereocenters. The van der Waals surface area contributed by atoms with Gasteiger partial charge in [0, 0.05) is 4.47 Å². The van der Waals surface area contributed by atoms with Crippen molar-refractivity contribution in [3.63, 3.8) is 0 Å². The second kappa shape index (κ2) is 13.5. The zero-order chi connectivity index (χ0) is 35.1. The Balaban J connectivity index is 0.000000196. The quantitative estimate of drug-likeness (QED) is 0.361. The third-order valence-corrected chi connectivity index (χ3v) is 10.1. The number of aromatic hydroxyl groups is 2. The van der Waals surface area contributed by atoms with Crippen molar-refractivity contribution < 1.29 is 47.6 Å². The number of phenolic OH excluding ortho intramolecular Hbond substituents is 2. The summed E-state index contributed by atoms with van der Waals surface area (Å²) in [7, 11) is 1.64. The van der Waals surface area contributed by atoms with Crippen LogP contribution in [0.3, 0.4) is 0 Å². The molecule has 3 heterocycles. The predicted molar refractivity (Wildman–Crippen MR) is 185 cm³/mol. The van der Waals surface area contributed by atoms with E-state index in [-0.39, 0.29) is 45.1 Å². The average molecular weight is 707 g/mol. The summed E-state index contributed by atoms with van der Waals surface area (Å²) in [5, 5.41) is 18.7. The van der Waals surface area contributed by atoms with E-state index in [0.717, 1.165) is 9.94 Å². The number of ether oxygens (including phenoxy) is 2. The van der Waals surface area contributed by atoms with E-state index >= 15 is 0 Å². The van der Waals surface area contributed by atoms with Gasteiger partial charge in [0.2, 0.25) is 0 Å². The SMILES string of the molecule is CC1(C)OB(B2OC(C)(C)C(C)(C)O2)OC1(C)C.COc1cc(B2OC(C)(C)C(C)(C)O2)ccc1O.COc1cc(Br)ccc1O. The highest BCUT2D eigenvalue weighted by molar-refractivity contribution is 9.10. The molecule has 2 aromatic carbocycles. The maximum atomic E-state index is 9.58. The Bertz CT molecular complexity index is 1280. The standard InChI is InChI=1S/C13H19BO4.C12H24B2O4.C7H7BrO2/c1-12(2)13(3,4)18-14(17-12)9-6-7-10(15)11(8-9)16-5;1-9(2)10(3,4)16-13(15-9)14-17-11(5,6)12(7,8)18-14;1-10-7-4-5(8)2-3-6(7)9/h6-8,15H,1-5H3;1-8H3;2-4,9H,1H3. The molecule has 0 spiro atoms. The van der Waals surface area contributed by atoms with Gasteiger partial charge < -0.3 is 47.6 Å². The van der Waals surface area contributed by atoms with Gasteiger partial charge in [-0.1, -0.05) is 22.0 Å². The van der Waals surface area contributed by atoms with E-state index in [1.165, 1.54) is 14.2 Å². The van der Waals surface area contributed by atoms with Crippen LogP contribution in [0.15, 0.2) is 40.9 Å². The second-order valence-electron chi connectivity index (χ2n) is 14.6. The van der Waals surface area contributed by atoms with Crippen molar-refractivity contribution in [2.24, 2.45) is 0 Å². The number of hydrogen-bond acceptors (Lipinski definition) is 10. The van der Waals surface area contributed by atoms with E-state index < -0.39 is 21.1 Å². The molecule has 0 radical (unpaired) electrons. The molecule has 0 atom stereocenters. The van der Waals surface area contributed by atoms with Crippen LogP contribution in [0.25, 0.3) is 0 Å². The summed E-state index contributed by atoms with van der Waals surface area (Å²) in [5.74, 6) is 1.17. The van der Waals surface area contributed by atoms with Crippen LogP contribution in [0.4, 0.5) is 0 Å². The number of benzene rings is 2. The molecule has 5 rings (SSSR count). The van der Waals surface area contributed by atoms with Gasteiger partial charge in [0.25, 0.3) is 0 Å². The Kier molecular flexibility index (Phi) is 11.3. The normalized spacial score (nSPS) is 22.8. The van der Waals surface area contributed by atoms with Gasteiger partial charge in [-0.3, -0.25) is 0 Å². The van der Waals surface area contributed by atoms with Gasteiger partial charge in [0.05, 0.1) is 47.8 Å². The topological polar surface area (TPSA) is 114 Å². The van der Waals surface area contributed by atoms with Crippen molar-refractivity contribution in [1.82, 2.24) is 0 Å². The Morgan fingerprint density at radius 3 is 1.20 bits per heavy atom. The van der Waals surface area contributed by atoms with Crippen molar-refractivity contribution in [1.29, 1.82) is 0 Å². The predicted octanol–water partition coefficient (Wildman–Crippen LogP) is 6.11. The van der Waals surface area contributed by atoms with E-state index in [0.29, 0.717) is 11.5 Å². The first-order chi connectivity index (χ1) is 20.9. The summed E-state index contributed by atoms with van der Waals surface area (Å²) in [6.07, 6.45) is 0. The molecule has 0 aliphatic carbocycles. The molecule has 14 heteroatoms. The van der Waals surface area contributed by atoms with Crippen LogP contribution < -0.4 is 14.9 Å². The third kappa shape index (κ3) is 8.19. The minimum absolute atomic E-state index is 0.109. The Hall–Kier alpha value is -1.93. The molecule has 0 bridgehead atoms. The van der Waals surface area contributed by atoms with Gasteiger partial charge in [0.15, 0.2) is 23.0 Å². The molecular formula is C32H50B3BrO10. The van der Waals surface area contributed by atoms with Crippen LogP contribution >= 0.6 is 15.9 Å². The molecule has 2 aromatic rings. The molecule has 0 aromatic heterocycles. The van der Waals surface area contributed by atoms with Gasteiger partial charge in [-0.25, -0.2) is 0 Å². The molecule has 3 fully saturated rings. The van der Waals surface area contributed by atoms with Crippen LogP contribution in [0.1, 0.15) is 83.1 Å². The van der Waals surface area contributed by atoms with Crippen LogP contribution in [0.5, 0.6) is 23.0 Å². The Labute approximate surface area is 284 Å². The lowest BCUT2D eigenvalue weighted by Gasteiger charge is -2.32. The van der Waals surface area contributed by atoms with E-state index in [1.54, 1.807) is 36.4 Å². The van der Waals surface area contributed by atoms with Crippen molar-refractivity contribution in [2.45, 2.75) is 117 Å². The van der Waals surface area contributed by atoms with Crippen LogP contribution in [0.2, 0.25) is 0 Å². The zero-order valence-electron chi connectivity index (χ0n) is 29.7. The number of rotatable bonds is 4. The summed E-state index contributed by atoms with van der Waals surface area (Å²) >= 11 is 3.25. The van der Waals surface area contributed by atoms with Crippen molar-refractivity contribution >= 4 is 42.5 Å². The summed E-state index contributed by atoms with van der Waals surface area (Å²) in [6.45, 7) is 24.2. The van der Waals surface area contributed by atoms with Crippen molar-refractivity contribution in [3.8, 4) is 23.0 Å². The van der Waals surface area contributed by atoms with Gasteiger partial charge in [0.1, 0.15) is 0 Å². The lowest BCUT2D eigenvalue weighted by molar-refractivity contribution is 0.00578. The van der Waals surface area contributed by atoms with Gasteiger partial charge >= 0.3 is 21.1 Å². The molecule has 2 N–H and O–H groups in total. The smallest absolute Gasteiger partial charge is 0.494 e. The average Bonchev–Trinajstić information content (AvgIpc) is 3.40. The molecular weight excluding hydrogens is 657 g/mol. The summed E-state index contributed by atoms with van der Waals surface area (Å²) in [6, 6.07) is 10.1. The van der Waals surface area contributed by atoms with Crippen molar-refractivity contribution in [2.75, 3.05) is 14.2 Å². The minimum Gasteiger partial charge on any atom is -0.504 e. The lowest BCUT2D eigenvalue weighted by Crippen LogP contribution is -2.41. The van der Waals surface area contributed by atoms with Gasteiger partial charge in [-0.2, -0.15) is 0 Å². The highest BCUT2D eigenvalue weighted by atomic mass is 79.9. The first-order valence-corrected chi connectivity index (χ1v) is 16.1. The molecule has 10 nitrogen and oxygen atoms in total. The maximum absolute atomic E-state index is 9.58. The number of methoxy groups -OCH3 is 2. The highest BCUT2D eigenvalue weighted by Gasteiger charge is 2.63. The van der Waals surface area contributed by atoms with E-state index in [2.05, 4.69) is 15.9 Å². The summed E-state index contributed by atoms with van der Waals surface area (Å²) in [5.41, 5.74) is -1.35. The van der Waals surface area contributed by atoms with E-state index in [4.69, 9.17) is 42.5 Å². The van der Waals surface area contributed by atoms with Crippen LogP contribution in [0, 0.1) is 0 Å². The molecule has 254 valence electrons. The Morgan fingerprint density at radius 1 is 0.522 bits per heavy atom. The fraction of sp³-hybridized carbons (Fsp3) is 0.625. The highest BCUT2D eigenvalue weighted by Crippen LogP contribution is 2.43. The Morgan fingerprint density at radius 2 is 0.848 bits per heavy atom. The molecule has 0 amide bonds. The minimum atomic E-state index is -0.476. The first kappa shape index (κ1) is 38.5. The molecule has 3 aliphatic rings. The largest absolute Gasteiger partial charge is 0.504 e. The summed E-state index contributed by atoms with van der Waals surface area (Å²) in [4.78, 5) is 0. The molecule has 3 saturated heterocycles. The molecule has 3 aliphatic heterocycles. The zero-order valence-corrected chi connectivity index (χ0v) is 31.3.